The molecule has 0 bridgehead atoms. The van der Waals surface area contributed by atoms with Gasteiger partial charge in [0.25, 0.3) is 5.69 Å². The minimum absolute atomic E-state index is 0.0279. The van der Waals surface area contributed by atoms with Crippen molar-refractivity contribution in [3.8, 4) is 0 Å². The van der Waals surface area contributed by atoms with E-state index in [0.29, 0.717) is 10.6 Å². The van der Waals surface area contributed by atoms with E-state index in [9.17, 15) is 10.1 Å². The molecule has 1 aliphatic rings. The molecule has 1 aromatic rings. The Morgan fingerprint density at radius 2 is 1.83 bits per heavy atom. The van der Waals surface area contributed by atoms with Crippen LogP contribution in [0.5, 0.6) is 0 Å². The lowest BCUT2D eigenvalue weighted by Gasteiger charge is -2.10. The van der Waals surface area contributed by atoms with Gasteiger partial charge in [-0.25, -0.2) is 0 Å². The molecule has 1 fully saturated rings. The average Bonchev–Trinajstić information content (AvgIpc) is 2.83. The van der Waals surface area contributed by atoms with Crippen molar-refractivity contribution in [2.24, 2.45) is 0 Å². The number of benzene rings is 1. The zero-order valence-corrected chi connectivity index (χ0v) is 11.1. The quantitative estimate of drug-likeness (QED) is 0.624. The van der Waals surface area contributed by atoms with Crippen LogP contribution in [0.3, 0.4) is 0 Å². The van der Waals surface area contributed by atoms with Gasteiger partial charge < -0.3 is 4.90 Å². The van der Waals surface area contributed by atoms with Gasteiger partial charge in [0.1, 0.15) is 0 Å². The molecule has 0 saturated carbocycles. The molecule has 6 heteroatoms. The molecule has 2 rings (SSSR count). The topological polar surface area (TPSA) is 46.4 Å². The van der Waals surface area contributed by atoms with Crippen molar-refractivity contribution in [2.75, 3.05) is 13.1 Å². The van der Waals surface area contributed by atoms with Gasteiger partial charge in [-0.15, -0.1) is 0 Å². The van der Waals surface area contributed by atoms with Crippen molar-refractivity contribution in [1.82, 2.24) is 4.90 Å². The minimum Gasteiger partial charge on any atom is -0.377 e. The number of nitrogens with zero attached hydrogens (tertiary/aromatic N) is 2. The Bertz CT molecular complexity index is 497. The predicted octanol–water partition coefficient (Wildman–Crippen LogP) is 3.97. The maximum atomic E-state index is 10.9. The normalized spacial score (nSPS) is 15.6. The fourth-order valence-electron chi connectivity index (χ4n) is 1.92. The molecule has 0 N–H and O–H groups in total. The Kier molecular flexibility index (Phi) is 4.09. The number of nitro groups is 1. The third-order valence-electron chi connectivity index (χ3n) is 2.87. The lowest BCUT2D eigenvalue weighted by atomic mass is 10.2. The van der Waals surface area contributed by atoms with Crippen LogP contribution in [0.15, 0.2) is 18.3 Å². The number of likely N-dealkylation sites (tertiary alicyclic amines) is 1. The summed E-state index contributed by atoms with van der Waals surface area (Å²) in [5, 5.41) is 11.5. The van der Waals surface area contributed by atoms with Crippen LogP contribution in [0.4, 0.5) is 5.69 Å². The van der Waals surface area contributed by atoms with Gasteiger partial charge in [0.2, 0.25) is 0 Å². The van der Waals surface area contributed by atoms with Gasteiger partial charge in [-0.3, -0.25) is 10.1 Å². The smallest absolute Gasteiger partial charge is 0.278 e. The Balaban J connectivity index is 2.30. The highest BCUT2D eigenvalue weighted by atomic mass is 35.5. The Hall–Kier alpha value is -1.26. The molecule has 1 heterocycles. The fourth-order valence-corrected chi connectivity index (χ4v) is 2.25. The molecule has 18 heavy (non-hydrogen) atoms. The molecule has 0 atom stereocenters. The monoisotopic (exact) mass is 286 g/mol. The van der Waals surface area contributed by atoms with Crippen molar-refractivity contribution in [3.05, 3.63) is 44.1 Å². The highest BCUT2D eigenvalue weighted by molar-refractivity contribution is 6.42. The van der Waals surface area contributed by atoms with E-state index in [1.165, 1.54) is 12.1 Å². The summed E-state index contributed by atoms with van der Waals surface area (Å²) in [6.07, 6.45) is 5.91. The first-order valence-electron chi connectivity index (χ1n) is 5.63. The molecule has 0 radical (unpaired) electrons. The molecule has 1 aliphatic heterocycles. The Morgan fingerprint density at radius 1 is 1.22 bits per heavy atom. The molecule has 0 unspecified atom stereocenters. The van der Waals surface area contributed by atoms with Gasteiger partial charge >= 0.3 is 0 Å². The van der Waals surface area contributed by atoms with E-state index < -0.39 is 4.92 Å². The lowest BCUT2D eigenvalue weighted by molar-refractivity contribution is -0.385. The van der Waals surface area contributed by atoms with Crippen molar-refractivity contribution in [3.63, 3.8) is 0 Å². The summed E-state index contributed by atoms with van der Waals surface area (Å²) in [4.78, 5) is 12.6. The van der Waals surface area contributed by atoms with Gasteiger partial charge in [-0.2, -0.15) is 0 Å². The van der Waals surface area contributed by atoms with Crippen LogP contribution in [-0.4, -0.2) is 22.9 Å². The number of hydrogen-bond donors (Lipinski definition) is 0. The first-order valence-corrected chi connectivity index (χ1v) is 6.39. The van der Waals surface area contributed by atoms with Crippen LogP contribution in [0, 0.1) is 10.1 Å². The summed E-state index contributed by atoms with van der Waals surface area (Å²) >= 11 is 11.7. The van der Waals surface area contributed by atoms with Crippen molar-refractivity contribution < 1.29 is 4.92 Å². The number of halogens is 2. The van der Waals surface area contributed by atoms with E-state index in [0.717, 1.165) is 25.9 Å². The number of rotatable bonds is 3. The fraction of sp³-hybridized carbons (Fsp3) is 0.333. The van der Waals surface area contributed by atoms with E-state index in [1.807, 2.05) is 6.20 Å². The Labute approximate surface area is 115 Å². The highest BCUT2D eigenvalue weighted by Crippen LogP contribution is 2.31. The second-order valence-electron chi connectivity index (χ2n) is 4.14. The summed E-state index contributed by atoms with van der Waals surface area (Å²) in [6.45, 7) is 1.98. The molecule has 1 aromatic carbocycles. The molecule has 0 aromatic heterocycles. The molecule has 96 valence electrons. The van der Waals surface area contributed by atoms with E-state index in [-0.39, 0.29) is 10.7 Å². The number of nitro benzene ring substituents is 1. The van der Waals surface area contributed by atoms with E-state index in [2.05, 4.69) is 4.90 Å². The minimum atomic E-state index is -0.453. The SMILES string of the molecule is O=[N+]([O-])c1cc(Cl)c(Cl)cc1C=CN1CCCC1. The summed E-state index contributed by atoms with van der Waals surface area (Å²) in [5.74, 6) is 0. The van der Waals surface area contributed by atoms with Crippen LogP contribution < -0.4 is 0 Å². The zero-order chi connectivity index (χ0) is 13.1. The second kappa shape index (κ2) is 5.59. The largest absolute Gasteiger partial charge is 0.377 e. The molecule has 4 nitrogen and oxygen atoms in total. The van der Waals surface area contributed by atoms with Crippen LogP contribution in [0.2, 0.25) is 10.0 Å². The van der Waals surface area contributed by atoms with Crippen molar-refractivity contribution in [1.29, 1.82) is 0 Å². The van der Waals surface area contributed by atoms with Gasteiger partial charge in [-0.05, 0) is 31.2 Å². The van der Waals surface area contributed by atoms with E-state index in [1.54, 1.807) is 6.08 Å². The zero-order valence-electron chi connectivity index (χ0n) is 9.60. The standard InChI is InChI=1S/C12H12Cl2N2O2/c13-10-7-9(3-6-15-4-1-2-5-15)12(16(17)18)8-11(10)14/h3,6-8H,1-2,4-5H2. The van der Waals surface area contributed by atoms with Crippen molar-refractivity contribution >= 4 is 35.0 Å². The second-order valence-corrected chi connectivity index (χ2v) is 4.96. The molecule has 1 saturated heterocycles. The van der Waals surface area contributed by atoms with Crippen LogP contribution in [-0.2, 0) is 0 Å². The third-order valence-corrected chi connectivity index (χ3v) is 3.59. The van der Waals surface area contributed by atoms with Crippen LogP contribution >= 0.6 is 23.2 Å². The summed E-state index contributed by atoms with van der Waals surface area (Å²) < 4.78 is 0. The van der Waals surface area contributed by atoms with E-state index >= 15 is 0 Å². The maximum Gasteiger partial charge on any atom is 0.278 e. The van der Waals surface area contributed by atoms with Gasteiger partial charge in [0, 0.05) is 19.2 Å². The molecule has 0 amide bonds. The predicted molar refractivity (Wildman–Crippen MR) is 73.0 cm³/mol. The van der Waals surface area contributed by atoms with Crippen molar-refractivity contribution in [2.45, 2.75) is 12.8 Å². The van der Waals surface area contributed by atoms with Gasteiger partial charge in [-0.1, -0.05) is 23.2 Å². The summed E-state index contributed by atoms with van der Waals surface area (Å²) in [6, 6.07) is 2.81. The number of hydrogen-bond acceptors (Lipinski definition) is 3. The molecule has 0 spiro atoms. The third kappa shape index (κ3) is 2.94. The maximum absolute atomic E-state index is 10.9. The van der Waals surface area contributed by atoms with E-state index in [4.69, 9.17) is 23.2 Å². The lowest BCUT2D eigenvalue weighted by Crippen LogP contribution is -2.10. The average molecular weight is 287 g/mol. The highest BCUT2D eigenvalue weighted by Gasteiger charge is 2.15. The summed E-state index contributed by atoms with van der Waals surface area (Å²) in [5.41, 5.74) is 0.446. The van der Waals surface area contributed by atoms with Crippen LogP contribution in [0.1, 0.15) is 18.4 Å². The molecule has 0 aliphatic carbocycles. The molecular formula is C12H12Cl2N2O2. The first kappa shape index (κ1) is 13.2. The van der Waals surface area contributed by atoms with Gasteiger partial charge in [0.05, 0.1) is 20.5 Å². The Morgan fingerprint density at radius 3 is 2.44 bits per heavy atom. The van der Waals surface area contributed by atoms with Gasteiger partial charge in [0.15, 0.2) is 0 Å². The first-order chi connectivity index (χ1) is 8.58. The molecular weight excluding hydrogens is 275 g/mol. The van der Waals surface area contributed by atoms with Crippen LogP contribution in [0.25, 0.3) is 6.08 Å². The summed E-state index contributed by atoms with van der Waals surface area (Å²) in [7, 11) is 0.